The van der Waals surface area contributed by atoms with Crippen LogP contribution in [0.1, 0.15) is 39.8 Å². The van der Waals surface area contributed by atoms with Crippen molar-refractivity contribution in [3.8, 4) is 0 Å². The summed E-state index contributed by atoms with van der Waals surface area (Å²) in [5.74, 6) is 2.15. The molecule has 0 aliphatic carbocycles. The van der Waals surface area contributed by atoms with E-state index in [2.05, 4.69) is 36.6 Å². The van der Waals surface area contributed by atoms with Crippen LogP contribution < -0.4 is 4.90 Å². The maximum atomic E-state index is 12.1. The van der Waals surface area contributed by atoms with Crippen molar-refractivity contribution in [2.75, 3.05) is 25.7 Å². The van der Waals surface area contributed by atoms with Crippen LogP contribution in [0.3, 0.4) is 0 Å². The Morgan fingerprint density at radius 1 is 1.33 bits per heavy atom. The Morgan fingerprint density at radius 3 is 2.89 bits per heavy atom. The van der Waals surface area contributed by atoms with Crippen LogP contribution in [0.5, 0.6) is 0 Å². The van der Waals surface area contributed by atoms with E-state index in [0.717, 1.165) is 39.8 Å². The van der Waals surface area contributed by atoms with Gasteiger partial charge in [0, 0.05) is 13.7 Å². The van der Waals surface area contributed by atoms with Gasteiger partial charge in [-0.3, -0.25) is 0 Å². The molecule has 0 unspecified atom stereocenters. The van der Waals surface area contributed by atoms with E-state index in [-0.39, 0.29) is 12.0 Å². The molecule has 4 heterocycles. The highest BCUT2D eigenvalue weighted by Crippen LogP contribution is 2.37. The molecule has 0 saturated heterocycles. The van der Waals surface area contributed by atoms with E-state index in [1.165, 1.54) is 24.8 Å². The van der Waals surface area contributed by atoms with Crippen molar-refractivity contribution in [3.05, 3.63) is 28.4 Å². The van der Waals surface area contributed by atoms with Crippen LogP contribution in [0, 0.1) is 6.92 Å². The molecule has 3 aromatic heterocycles. The number of hydrogen-bond acceptors (Lipinski definition) is 9. The van der Waals surface area contributed by atoms with Gasteiger partial charge in [-0.05, 0) is 19.4 Å². The van der Waals surface area contributed by atoms with Crippen LogP contribution in [0.25, 0.3) is 10.2 Å². The fourth-order valence-electron chi connectivity index (χ4n) is 3.58. The predicted molar refractivity (Wildman–Crippen MR) is 100.0 cm³/mol. The average Bonchev–Trinajstić information content (AvgIpc) is 3.23. The fraction of sp³-hybridized carbons (Fsp3) is 0.471. The number of aromatic nitrogens is 5. The molecule has 0 aromatic carbocycles. The number of carbonyl (C=O) groups excluding carboxylic acids is 1. The third kappa shape index (κ3) is 2.85. The van der Waals surface area contributed by atoms with Gasteiger partial charge in [-0.2, -0.15) is 0 Å². The lowest BCUT2D eigenvalue weighted by Gasteiger charge is -2.33. The lowest BCUT2D eigenvalue weighted by molar-refractivity contribution is 0.0605. The second kappa shape index (κ2) is 6.86. The van der Waals surface area contributed by atoms with Gasteiger partial charge in [0.15, 0.2) is 11.6 Å². The first kappa shape index (κ1) is 17.8. The van der Waals surface area contributed by atoms with Gasteiger partial charge < -0.3 is 18.9 Å². The fourth-order valence-corrected chi connectivity index (χ4v) is 4.64. The number of aryl methyl sites for hydroxylation is 1. The van der Waals surface area contributed by atoms with Crippen molar-refractivity contribution in [1.82, 2.24) is 24.7 Å². The lowest BCUT2D eigenvalue weighted by Crippen LogP contribution is -2.37. The first-order valence-electron chi connectivity index (χ1n) is 8.54. The van der Waals surface area contributed by atoms with Gasteiger partial charge in [-0.15, -0.1) is 21.5 Å². The molecule has 0 saturated carbocycles. The molecule has 0 spiro atoms. The number of methoxy groups -OCH3 is 2. The van der Waals surface area contributed by atoms with Gasteiger partial charge in [0.2, 0.25) is 0 Å². The summed E-state index contributed by atoms with van der Waals surface area (Å²) < 4.78 is 12.2. The summed E-state index contributed by atoms with van der Waals surface area (Å²) in [7, 11) is 3.03. The third-order valence-electron chi connectivity index (χ3n) is 4.75. The molecule has 1 aliphatic rings. The van der Waals surface area contributed by atoms with Crippen LogP contribution >= 0.6 is 11.3 Å². The van der Waals surface area contributed by atoms with Crippen LogP contribution in [-0.4, -0.2) is 51.5 Å². The first-order chi connectivity index (χ1) is 13.0. The SMILES string of the molecule is COCc1nnc2n1[C@@H](C)CN(c1ncnc3sc(C(=O)OC)c(C)c13)C2. The standard InChI is InChI=1S/C17H20N6O3S/c1-9-5-22(6-11-20-21-12(7-25-3)23(9)11)15-13-10(2)14(17(24)26-4)27-16(13)19-8-18-15/h8-9H,5-7H2,1-4H3/t9-/m0/s1. The maximum Gasteiger partial charge on any atom is 0.348 e. The molecule has 27 heavy (non-hydrogen) atoms. The summed E-state index contributed by atoms with van der Waals surface area (Å²) >= 11 is 1.33. The van der Waals surface area contributed by atoms with Crippen molar-refractivity contribution in [2.45, 2.75) is 33.0 Å². The highest BCUT2D eigenvalue weighted by atomic mass is 32.1. The van der Waals surface area contributed by atoms with Crippen molar-refractivity contribution in [2.24, 2.45) is 0 Å². The van der Waals surface area contributed by atoms with Crippen molar-refractivity contribution in [3.63, 3.8) is 0 Å². The molecule has 3 aromatic rings. The van der Waals surface area contributed by atoms with Gasteiger partial charge in [-0.25, -0.2) is 14.8 Å². The number of anilines is 1. The maximum absolute atomic E-state index is 12.1. The van der Waals surface area contributed by atoms with E-state index < -0.39 is 0 Å². The van der Waals surface area contributed by atoms with E-state index in [1.807, 2.05) is 6.92 Å². The zero-order chi connectivity index (χ0) is 19.1. The Balaban J connectivity index is 1.77. The zero-order valence-corrected chi connectivity index (χ0v) is 16.4. The number of thiophene rings is 1. The summed E-state index contributed by atoms with van der Waals surface area (Å²) in [6.45, 7) is 5.79. The van der Waals surface area contributed by atoms with E-state index >= 15 is 0 Å². The zero-order valence-electron chi connectivity index (χ0n) is 15.6. The minimum atomic E-state index is -0.350. The average molecular weight is 388 g/mol. The van der Waals surface area contributed by atoms with Gasteiger partial charge >= 0.3 is 5.97 Å². The minimum absolute atomic E-state index is 0.165. The number of carbonyl (C=O) groups is 1. The number of hydrogen-bond donors (Lipinski definition) is 0. The minimum Gasteiger partial charge on any atom is -0.465 e. The lowest BCUT2D eigenvalue weighted by atomic mass is 10.1. The molecule has 9 nitrogen and oxygen atoms in total. The Morgan fingerprint density at radius 2 is 2.15 bits per heavy atom. The third-order valence-corrected chi connectivity index (χ3v) is 5.93. The van der Waals surface area contributed by atoms with E-state index in [9.17, 15) is 4.79 Å². The second-order valence-corrected chi connectivity index (χ2v) is 7.49. The molecule has 0 fully saturated rings. The Hall–Kier alpha value is -2.59. The van der Waals surface area contributed by atoms with Gasteiger partial charge in [0.1, 0.15) is 28.5 Å². The number of nitrogens with zero attached hydrogens (tertiary/aromatic N) is 6. The summed E-state index contributed by atoms with van der Waals surface area (Å²) in [5.41, 5.74) is 0.845. The van der Waals surface area contributed by atoms with Crippen molar-refractivity contribution in [1.29, 1.82) is 0 Å². The summed E-state index contributed by atoms with van der Waals surface area (Å²) in [6, 6.07) is 0.165. The highest BCUT2D eigenvalue weighted by molar-refractivity contribution is 7.20. The number of fused-ring (bicyclic) bond motifs is 2. The molecule has 1 atom stereocenters. The molecule has 142 valence electrons. The summed E-state index contributed by atoms with van der Waals surface area (Å²) in [6.07, 6.45) is 1.54. The molecule has 4 rings (SSSR count). The quantitative estimate of drug-likeness (QED) is 0.627. The molecule has 10 heteroatoms. The molecular formula is C17H20N6O3S. The molecule has 0 bridgehead atoms. The Labute approximate surface area is 160 Å². The Kier molecular flexibility index (Phi) is 4.52. The molecule has 0 N–H and O–H groups in total. The smallest absolute Gasteiger partial charge is 0.348 e. The van der Waals surface area contributed by atoms with Gasteiger partial charge in [0.05, 0.1) is 25.1 Å². The monoisotopic (exact) mass is 388 g/mol. The first-order valence-corrected chi connectivity index (χ1v) is 9.35. The second-order valence-electron chi connectivity index (χ2n) is 6.49. The molecule has 0 radical (unpaired) electrons. The topological polar surface area (TPSA) is 95.3 Å². The van der Waals surface area contributed by atoms with Crippen LogP contribution in [0.4, 0.5) is 5.82 Å². The summed E-state index contributed by atoms with van der Waals surface area (Å²) in [5, 5.41) is 9.47. The number of ether oxygens (including phenoxy) is 2. The van der Waals surface area contributed by atoms with E-state index in [4.69, 9.17) is 9.47 Å². The van der Waals surface area contributed by atoms with Gasteiger partial charge in [-0.1, -0.05) is 0 Å². The number of rotatable bonds is 4. The largest absolute Gasteiger partial charge is 0.465 e. The predicted octanol–water partition coefficient (Wildman–Crippen LogP) is 2.11. The van der Waals surface area contributed by atoms with Crippen molar-refractivity contribution < 1.29 is 14.3 Å². The summed E-state index contributed by atoms with van der Waals surface area (Å²) in [4.78, 5) is 24.4. The number of esters is 1. The van der Waals surface area contributed by atoms with Crippen LogP contribution in [0.2, 0.25) is 0 Å². The molecule has 1 aliphatic heterocycles. The molecular weight excluding hydrogens is 368 g/mol. The van der Waals surface area contributed by atoms with E-state index in [0.29, 0.717) is 18.0 Å². The van der Waals surface area contributed by atoms with Gasteiger partial charge in [0.25, 0.3) is 0 Å². The van der Waals surface area contributed by atoms with Crippen LogP contribution in [-0.2, 0) is 22.6 Å². The Bertz CT molecular complexity index is 1010. The normalized spacial score (nSPS) is 16.6. The molecule has 0 amide bonds. The van der Waals surface area contributed by atoms with Crippen LogP contribution in [0.15, 0.2) is 6.33 Å². The van der Waals surface area contributed by atoms with Crippen molar-refractivity contribution >= 4 is 33.3 Å². The van der Waals surface area contributed by atoms with E-state index in [1.54, 1.807) is 7.11 Å². The highest BCUT2D eigenvalue weighted by Gasteiger charge is 2.29.